The number of ether oxygens (including phenoxy) is 2. The largest absolute Gasteiger partial charge is 0.435 e. The maximum Gasteiger partial charge on any atom is 0.387 e. The molecule has 0 radical (unpaired) electrons. The number of benzene rings is 1. The van der Waals surface area contributed by atoms with Crippen molar-refractivity contribution in [3.8, 4) is 11.5 Å². The van der Waals surface area contributed by atoms with Crippen molar-refractivity contribution >= 4 is 5.97 Å². The van der Waals surface area contributed by atoms with Crippen molar-refractivity contribution in [2.75, 3.05) is 0 Å². The van der Waals surface area contributed by atoms with Crippen LogP contribution in [0.2, 0.25) is 0 Å². The first-order valence-electron chi connectivity index (χ1n) is 11.9. The second-order valence-electron chi connectivity index (χ2n) is 9.95. The highest BCUT2D eigenvalue weighted by Gasteiger charge is 2.43. The van der Waals surface area contributed by atoms with Gasteiger partial charge in [-0.25, -0.2) is 4.39 Å². The lowest BCUT2D eigenvalue weighted by atomic mass is 9.59. The highest BCUT2D eigenvalue weighted by Crippen LogP contribution is 2.50. The summed E-state index contributed by atoms with van der Waals surface area (Å²) in [6.45, 7) is -0.675. The summed E-state index contributed by atoms with van der Waals surface area (Å²) >= 11 is 0. The van der Waals surface area contributed by atoms with E-state index in [1.807, 2.05) is 0 Å². The summed E-state index contributed by atoms with van der Waals surface area (Å²) in [6.07, 6.45) is 11.8. The van der Waals surface area contributed by atoms with Crippen LogP contribution >= 0.6 is 0 Å². The number of hydrogen-bond acceptors (Lipinski definition) is 3. The standard InChI is InChI=1S/C25H33F3O3/c1-15-5-7-16(8-6-15)17-9-11-20-18(13-17)3-2-4-21(20)24(29)31-23-12-10-19(14-22(23)26)30-25(27)28/h10,12,14-18,20-21,25H,2-9,11,13H2,1H3. The quantitative estimate of drug-likeness (QED) is 0.367. The van der Waals surface area contributed by atoms with Crippen LogP contribution in [-0.2, 0) is 4.79 Å². The number of fused-ring (bicyclic) bond motifs is 1. The van der Waals surface area contributed by atoms with Crippen molar-refractivity contribution in [2.45, 2.75) is 77.7 Å². The molecule has 6 heteroatoms. The molecular formula is C25H33F3O3. The Hall–Kier alpha value is -1.72. The monoisotopic (exact) mass is 438 g/mol. The minimum absolute atomic E-state index is 0.206. The van der Waals surface area contributed by atoms with Gasteiger partial charge in [-0.2, -0.15) is 8.78 Å². The van der Waals surface area contributed by atoms with Gasteiger partial charge < -0.3 is 9.47 Å². The highest BCUT2D eigenvalue weighted by molar-refractivity contribution is 5.75. The molecule has 4 atom stereocenters. The van der Waals surface area contributed by atoms with Crippen molar-refractivity contribution in [1.29, 1.82) is 0 Å². The molecule has 31 heavy (non-hydrogen) atoms. The predicted molar refractivity (Wildman–Crippen MR) is 111 cm³/mol. The fourth-order valence-electron chi connectivity index (χ4n) is 6.40. The average Bonchev–Trinajstić information content (AvgIpc) is 2.75. The summed E-state index contributed by atoms with van der Waals surface area (Å²) in [5, 5.41) is 0. The van der Waals surface area contributed by atoms with E-state index in [2.05, 4.69) is 11.7 Å². The van der Waals surface area contributed by atoms with Crippen LogP contribution in [0.5, 0.6) is 11.5 Å². The van der Waals surface area contributed by atoms with Crippen LogP contribution in [0.25, 0.3) is 0 Å². The summed E-state index contributed by atoms with van der Waals surface area (Å²) in [5.74, 6) is 1.37. The topological polar surface area (TPSA) is 35.5 Å². The van der Waals surface area contributed by atoms with E-state index in [1.54, 1.807) is 0 Å². The molecule has 3 saturated carbocycles. The molecule has 4 rings (SSSR count). The zero-order valence-corrected chi connectivity index (χ0v) is 18.2. The molecule has 0 saturated heterocycles. The van der Waals surface area contributed by atoms with E-state index in [0.29, 0.717) is 11.8 Å². The number of carbonyl (C=O) groups is 1. The second kappa shape index (κ2) is 9.83. The number of rotatable bonds is 5. The van der Waals surface area contributed by atoms with Gasteiger partial charge in [-0.15, -0.1) is 0 Å². The molecule has 3 fully saturated rings. The van der Waals surface area contributed by atoms with Gasteiger partial charge in [-0.05, 0) is 80.2 Å². The average molecular weight is 439 g/mol. The Labute approximate surface area is 182 Å². The SMILES string of the molecule is CC1CCC(C2CCC3C(CCCC3C(=O)Oc3ccc(OC(F)F)cc3F)C2)CC1. The van der Waals surface area contributed by atoms with E-state index < -0.39 is 12.4 Å². The Kier molecular flexibility index (Phi) is 7.12. The molecule has 3 nitrogen and oxygen atoms in total. The van der Waals surface area contributed by atoms with Crippen LogP contribution in [0.4, 0.5) is 13.2 Å². The zero-order valence-electron chi connectivity index (χ0n) is 18.2. The van der Waals surface area contributed by atoms with E-state index in [9.17, 15) is 18.0 Å². The lowest BCUT2D eigenvalue weighted by Gasteiger charge is -2.45. The maximum absolute atomic E-state index is 14.2. The van der Waals surface area contributed by atoms with Gasteiger partial charge >= 0.3 is 12.6 Å². The maximum atomic E-state index is 14.2. The first-order chi connectivity index (χ1) is 14.9. The van der Waals surface area contributed by atoms with Crippen LogP contribution in [0.3, 0.4) is 0 Å². The number of esters is 1. The number of carbonyl (C=O) groups excluding carboxylic acids is 1. The van der Waals surface area contributed by atoms with E-state index >= 15 is 0 Å². The summed E-state index contributed by atoms with van der Waals surface area (Å²) in [5.41, 5.74) is 0. The third-order valence-corrected chi connectivity index (χ3v) is 8.06. The molecule has 0 aromatic heterocycles. The normalized spacial score (nSPS) is 33.6. The molecule has 3 aliphatic carbocycles. The molecule has 172 valence electrons. The third-order valence-electron chi connectivity index (χ3n) is 8.06. The van der Waals surface area contributed by atoms with Crippen molar-refractivity contribution in [2.24, 2.45) is 35.5 Å². The zero-order chi connectivity index (χ0) is 22.0. The highest BCUT2D eigenvalue weighted by atomic mass is 19.3. The van der Waals surface area contributed by atoms with Crippen LogP contribution in [0.15, 0.2) is 18.2 Å². The van der Waals surface area contributed by atoms with E-state index in [4.69, 9.17) is 4.74 Å². The third kappa shape index (κ3) is 5.38. The Balaban J connectivity index is 1.36. The molecule has 1 aromatic carbocycles. The fraction of sp³-hybridized carbons (Fsp3) is 0.720. The van der Waals surface area contributed by atoms with Gasteiger partial charge in [-0.3, -0.25) is 4.79 Å². The van der Waals surface area contributed by atoms with Crippen LogP contribution in [0.1, 0.15) is 71.1 Å². The van der Waals surface area contributed by atoms with E-state index in [-0.39, 0.29) is 23.4 Å². The smallest absolute Gasteiger partial charge is 0.387 e. The van der Waals surface area contributed by atoms with Gasteiger partial charge in [0.25, 0.3) is 0 Å². The molecule has 0 amide bonds. The summed E-state index contributed by atoms with van der Waals surface area (Å²) in [4.78, 5) is 12.9. The van der Waals surface area contributed by atoms with Gasteiger partial charge in [0.2, 0.25) is 0 Å². The number of halogens is 3. The molecule has 1 aromatic rings. The summed E-state index contributed by atoms with van der Waals surface area (Å²) in [6, 6.07) is 3.21. The van der Waals surface area contributed by atoms with Gasteiger partial charge in [0.05, 0.1) is 5.92 Å². The first kappa shape index (κ1) is 22.5. The lowest BCUT2D eigenvalue weighted by molar-refractivity contribution is -0.144. The van der Waals surface area contributed by atoms with E-state index in [1.165, 1.54) is 57.1 Å². The molecule has 0 heterocycles. The summed E-state index contributed by atoms with van der Waals surface area (Å²) < 4.78 is 48.4. The summed E-state index contributed by atoms with van der Waals surface area (Å²) in [7, 11) is 0. The molecule has 0 spiro atoms. The van der Waals surface area contributed by atoms with Crippen molar-refractivity contribution in [1.82, 2.24) is 0 Å². The molecule has 0 aliphatic heterocycles. The van der Waals surface area contributed by atoms with Gasteiger partial charge in [0.15, 0.2) is 11.6 Å². The Morgan fingerprint density at radius 3 is 2.42 bits per heavy atom. The van der Waals surface area contributed by atoms with Crippen molar-refractivity contribution < 1.29 is 27.4 Å². The first-order valence-corrected chi connectivity index (χ1v) is 11.9. The molecule has 3 aliphatic rings. The van der Waals surface area contributed by atoms with Crippen LogP contribution < -0.4 is 9.47 Å². The Morgan fingerprint density at radius 1 is 0.968 bits per heavy atom. The molecule has 0 bridgehead atoms. The fourth-order valence-corrected chi connectivity index (χ4v) is 6.40. The molecule has 0 N–H and O–H groups in total. The van der Waals surface area contributed by atoms with Gasteiger partial charge in [0, 0.05) is 6.07 Å². The lowest BCUT2D eigenvalue weighted by Crippen LogP contribution is -2.40. The van der Waals surface area contributed by atoms with Crippen molar-refractivity contribution in [3.63, 3.8) is 0 Å². The number of alkyl halides is 2. The second-order valence-corrected chi connectivity index (χ2v) is 9.95. The number of hydrogen-bond donors (Lipinski definition) is 0. The van der Waals surface area contributed by atoms with E-state index in [0.717, 1.165) is 43.1 Å². The van der Waals surface area contributed by atoms with Crippen LogP contribution in [-0.4, -0.2) is 12.6 Å². The Bertz CT molecular complexity index is 760. The minimum atomic E-state index is -3.03. The molecular weight excluding hydrogens is 405 g/mol. The molecule has 4 unspecified atom stereocenters. The van der Waals surface area contributed by atoms with Gasteiger partial charge in [-0.1, -0.05) is 32.6 Å². The predicted octanol–water partition coefficient (Wildman–Crippen LogP) is 6.99. The van der Waals surface area contributed by atoms with Crippen molar-refractivity contribution in [3.05, 3.63) is 24.0 Å². The Morgan fingerprint density at radius 2 is 1.71 bits per heavy atom. The van der Waals surface area contributed by atoms with Crippen LogP contribution in [0, 0.1) is 41.3 Å². The minimum Gasteiger partial charge on any atom is -0.435 e. The van der Waals surface area contributed by atoms with Gasteiger partial charge in [0.1, 0.15) is 5.75 Å².